The summed E-state index contributed by atoms with van der Waals surface area (Å²) in [6, 6.07) is 6.98. The fourth-order valence-electron chi connectivity index (χ4n) is 2.51. The summed E-state index contributed by atoms with van der Waals surface area (Å²) in [5.74, 6) is 0.360. The molecule has 0 amide bonds. The van der Waals surface area contributed by atoms with Crippen LogP contribution in [-0.2, 0) is 0 Å². The van der Waals surface area contributed by atoms with Gasteiger partial charge in [0.1, 0.15) is 11.9 Å². The third kappa shape index (κ3) is 2.76. The van der Waals surface area contributed by atoms with E-state index in [4.69, 9.17) is 5.26 Å². The van der Waals surface area contributed by atoms with Gasteiger partial charge in [0, 0.05) is 11.7 Å². The first-order chi connectivity index (χ1) is 8.22. The van der Waals surface area contributed by atoms with Crippen LogP contribution in [0.1, 0.15) is 38.2 Å². The van der Waals surface area contributed by atoms with Crippen LogP contribution in [0.5, 0.6) is 0 Å². The lowest BCUT2D eigenvalue weighted by Gasteiger charge is -2.14. The predicted octanol–water partition coefficient (Wildman–Crippen LogP) is 3.69. The zero-order valence-electron chi connectivity index (χ0n) is 10.0. The molecule has 90 valence electrons. The lowest BCUT2D eigenvalue weighted by atomic mass is 10.1. The molecule has 2 nitrogen and oxygen atoms in total. The molecule has 0 radical (unpaired) electrons. The van der Waals surface area contributed by atoms with E-state index in [-0.39, 0.29) is 5.56 Å². The van der Waals surface area contributed by atoms with E-state index in [0.717, 1.165) is 18.0 Å². The summed E-state index contributed by atoms with van der Waals surface area (Å²) in [5.41, 5.74) is 0.963. The molecule has 1 aliphatic rings. The first-order valence-corrected chi connectivity index (χ1v) is 6.19. The molecule has 1 aliphatic carbocycles. The second-order valence-electron chi connectivity index (χ2n) is 4.74. The lowest BCUT2D eigenvalue weighted by Crippen LogP contribution is -2.15. The summed E-state index contributed by atoms with van der Waals surface area (Å²) >= 11 is 0. The van der Waals surface area contributed by atoms with Crippen molar-refractivity contribution in [3.05, 3.63) is 29.6 Å². The Morgan fingerprint density at radius 3 is 2.94 bits per heavy atom. The van der Waals surface area contributed by atoms with Crippen LogP contribution in [0, 0.1) is 23.1 Å². The van der Waals surface area contributed by atoms with E-state index in [0.29, 0.717) is 6.04 Å². The standard InChI is InChI=1S/C14H17FN2/c1-2-10-3-4-12(7-10)17-13-5-6-14(15)11(8-13)9-16/h5-6,8,10,12,17H,2-4,7H2,1H3. The van der Waals surface area contributed by atoms with Crippen molar-refractivity contribution in [1.82, 2.24) is 0 Å². The molecule has 3 heteroatoms. The SMILES string of the molecule is CCC1CCC(Nc2ccc(F)c(C#N)c2)C1. The second kappa shape index (κ2) is 5.18. The van der Waals surface area contributed by atoms with Gasteiger partial charge in [-0.15, -0.1) is 0 Å². The monoisotopic (exact) mass is 232 g/mol. The number of nitriles is 1. The van der Waals surface area contributed by atoms with Gasteiger partial charge in [0.05, 0.1) is 5.56 Å². The summed E-state index contributed by atoms with van der Waals surface area (Å²) < 4.78 is 13.1. The van der Waals surface area contributed by atoms with Crippen molar-refractivity contribution in [1.29, 1.82) is 5.26 Å². The Hall–Kier alpha value is -1.56. The minimum atomic E-state index is -0.448. The van der Waals surface area contributed by atoms with Crippen molar-refractivity contribution in [2.45, 2.75) is 38.6 Å². The molecule has 1 aromatic rings. The van der Waals surface area contributed by atoms with Gasteiger partial charge in [0.15, 0.2) is 0 Å². The zero-order valence-corrected chi connectivity index (χ0v) is 10.0. The first-order valence-electron chi connectivity index (χ1n) is 6.19. The van der Waals surface area contributed by atoms with E-state index >= 15 is 0 Å². The summed E-state index contributed by atoms with van der Waals surface area (Å²) in [4.78, 5) is 0. The molecule has 1 fully saturated rings. The fraction of sp³-hybridized carbons (Fsp3) is 0.500. The molecule has 2 rings (SSSR count). The van der Waals surface area contributed by atoms with Crippen molar-refractivity contribution in [3.8, 4) is 6.07 Å². The summed E-state index contributed by atoms with van der Waals surface area (Å²) in [5, 5.41) is 12.2. The fourth-order valence-corrected chi connectivity index (χ4v) is 2.51. The predicted molar refractivity (Wildman–Crippen MR) is 66.2 cm³/mol. The Bertz CT molecular complexity index is 436. The van der Waals surface area contributed by atoms with Crippen molar-refractivity contribution in [3.63, 3.8) is 0 Å². The molecule has 2 unspecified atom stereocenters. The average molecular weight is 232 g/mol. The summed E-state index contributed by atoms with van der Waals surface area (Å²) in [7, 11) is 0. The highest BCUT2D eigenvalue weighted by atomic mass is 19.1. The largest absolute Gasteiger partial charge is 0.382 e. The molecule has 0 spiro atoms. The molecule has 2 atom stereocenters. The van der Waals surface area contributed by atoms with E-state index in [1.165, 1.54) is 25.3 Å². The Morgan fingerprint density at radius 1 is 1.47 bits per heavy atom. The normalized spacial score (nSPS) is 23.4. The Morgan fingerprint density at radius 2 is 2.29 bits per heavy atom. The smallest absolute Gasteiger partial charge is 0.141 e. The van der Waals surface area contributed by atoms with Crippen LogP contribution in [0.4, 0.5) is 10.1 Å². The molecule has 1 aromatic carbocycles. The highest BCUT2D eigenvalue weighted by Crippen LogP contribution is 2.30. The van der Waals surface area contributed by atoms with Crippen LogP contribution in [0.2, 0.25) is 0 Å². The minimum absolute atomic E-state index is 0.111. The molecule has 0 saturated heterocycles. The van der Waals surface area contributed by atoms with Crippen LogP contribution in [0.25, 0.3) is 0 Å². The Kier molecular flexibility index (Phi) is 3.63. The maximum Gasteiger partial charge on any atom is 0.141 e. The van der Waals surface area contributed by atoms with Crippen molar-refractivity contribution >= 4 is 5.69 Å². The number of hydrogen-bond donors (Lipinski definition) is 1. The third-order valence-electron chi connectivity index (χ3n) is 3.58. The lowest BCUT2D eigenvalue weighted by molar-refractivity contribution is 0.525. The molecular weight excluding hydrogens is 215 g/mol. The van der Waals surface area contributed by atoms with Crippen LogP contribution < -0.4 is 5.32 Å². The van der Waals surface area contributed by atoms with Crippen LogP contribution in [0.3, 0.4) is 0 Å². The van der Waals surface area contributed by atoms with Gasteiger partial charge in [0.2, 0.25) is 0 Å². The van der Waals surface area contributed by atoms with Crippen molar-refractivity contribution in [2.75, 3.05) is 5.32 Å². The van der Waals surface area contributed by atoms with Gasteiger partial charge < -0.3 is 5.32 Å². The van der Waals surface area contributed by atoms with E-state index in [9.17, 15) is 4.39 Å². The molecule has 0 aliphatic heterocycles. The van der Waals surface area contributed by atoms with Crippen molar-refractivity contribution in [2.24, 2.45) is 5.92 Å². The summed E-state index contributed by atoms with van der Waals surface area (Å²) in [6.45, 7) is 2.22. The highest BCUT2D eigenvalue weighted by Gasteiger charge is 2.23. The van der Waals surface area contributed by atoms with Gasteiger partial charge in [-0.1, -0.05) is 13.3 Å². The Labute approximate surface area is 101 Å². The number of nitrogens with one attached hydrogen (secondary N) is 1. The zero-order chi connectivity index (χ0) is 12.3. The number of anilines is 1. The van der Waals surface area contributed by atoms with Gasteiger partial charge in [-0.2, -0.15) is 5.26 Å². The van der Waals surface area contributed by atoms with Gasteiger partial charge in [0.25, 0.3) is 0 Å². The van der Waals surface area contributed by atoms with Crippen LogP contribution in [-0.4, -0.2) is 6.04 Å². The van der Waals surface area contributed by atoms with E-state index < -0.39 is 5.82 Å². The highest BCUT2D eigenvalue weighted by molar-refractivity contribution is 5.50. The van der Waals surface area contributed by atoms with E-state index in [1.54, 1.807) is 12.1 Å². The molecular formula is C14H17FN2. The third-order valence-corrected chi connectivity index (χ3v) is 3.58. The molecule has 0 heterocycles. The quantitative estimate of drug-likeness (QED) is 0.862. The maximum absolute atomic E-state index is 13.1. The topological polar surface area (TPSA) is 35.8 Å². The molecule has 1 saturated carbocycles. The molecule has 1 N–H and O–H groups in total. The number of benzene rings is 1. The van der Waals surface area contributed by atoms with Crippen LogP contribution in [0.15, 0.2) is 18.2 Å². The minimum Gasteiger partial charge on any atom is -0.382 e. The maximum atomic E-state index is 13.1. The van der Waals surface area contributed by atoms with Crippen LogP contribution >= 0.6 is 0 Å². The Balaban J connectivity index is 2.02. The number of halogens is 1. The van der Waals surface area contributed by atoms with Crippen molar-refractivity contribution < 1.29 is 4.39 Å². The molecule has 0 aromatic heterocycles. The molecule has 17 heavy (non-hydrogen) atoms. The average Bonchev–Trinajstić information content (AvgIpc) is 2.79. The van der Waals surface area contributed by atoms with Gasteiger partial charge >= 0.3 is 0 Å². The number of hydrogen-bond acceptors (Lipinski definition) is 2. The first kappa shape index (κ1) is 11.9. The van der Waals surface area contributed by atoms with Gasteiger partial charge in [-0.05, 0) is 43.4 Å². The van der Waals surface area contributed by atoms with Gasteiger partial charge in [-0.25, -0.2) is 4.39 Å². The van der Waals surface area contributed by atoms with Gasteiger partial charge in [-0.3, -0.25) is 0 Å². The van der Waals surface area contributed by atoms with E-state index in [2.05, 4.69) is 12.2 Å². The molecule has 0 bridgehead atoms. The number of rotatable bonds is 3. The second-order valence-corrected chi connectivity index (χ2v) is 4.74. The number of nitrogens with zero attached hydrogens (tertiary/aromatic N) is 1. The summed E-state index contributed by atoms with van der Waals surface area (Å²) in [6.07, 6.45) is 4.83. The van der Waals surface area contributed by atoms with E-state index in [1.807, 2.05) is 6.07 Å².